The number of allylic oxidation sites excluding steroid dienone is 3. The Labute approximate surface area is 564 Å². The van der Waals surface area contributed by atoms with Crippen LogP contribution in [0.4, 0.5) is 15.3 Å². The summed E-state index contributed by atoms with van der Waals surface area (Å²) < 4.78 is 35.2. The standard InChI is InChI=1S/C68H92ClN7O20/c1-39(2)47(34-46(77)17-12-13-20-59(83)96-76-56(80)25-26-57(76)81)63(85)72-48(18-15-28-71-65(70)87)50(78)32-43-21-23-44(24-22-43)38-92-66(88)73(7)29-27-55(79)74(8)42(5)64(86)94-54-35-58(82)75(9)49-31-45(33-51(90-10)61(49)69)30-40(3)16-14-19-53(91-11)68(89)36-52(93-60(84)37-68)41(4)62-67(54,6)95-62/h14,16,19,21-24,31,33,39,41-42,47-48,52-54,62,89H,12-13,15,17-18,20,25-30,32,34-38H2,1-11H3,(H,72,85)(H3,70,71,87)/b19-14+,40-16+/t41-,42+,47+,48+,52+,53-,54+,62+,67+,68-/m1/s1. The number of ether oxygens (including phenoxy) is 6. The number of anilines is 1. The Balaban J connectivity index is 1.03. The Morgan fingerprint density at radius 3 is 2.23 bits per heavy atom. The number of likely N-dealkylation sites (N-methyl/N-ethyl adjacent to an activating group) is 1. The largest absolute Gasteiger partial charge is 0.495 e. The van der Waals surface area contributed by atoms with Gasteiger partial charge in [-0.3, -0.25) is 38.4 Å². The van der Waals surface area contributed by atoms with E-state index in [-0.39, 0.29) is 126 Å². The van der Waals surface area contributed by atoms with E-state index in [4.69, 9.17) is 50.6 Å². The molecule has 5 N–H and O–H groups in total. The molecule has 3 fully saturated rings. The number of carbonyl (C=O) groups excluding carboxylic acids is 12. The first kappa shape index (κ1) is 76.7. The number of unbranched alkanes of at least 4 members (excludes halogenated alkanes) is 1. The van der Waals surface area contributed by atoms with E-state index in [0.29, 0.717) is 34.0 Å². The van der Waals surface area contributed by atoms with Crippen LogP contribution in [0.25, 0.3) is 0 Å². The van der Waals surface area contributed by atoms with Gasteiger partial charge in [-0.25, -0.2) is 19.2 Å². The lowest BCUT2D eigenvalue weighted by Gasteiger charge is -2.41. The van der Waals surface area contributed by atoms with Gasteiger partial charge in [-0.2, -0.15) is 0 Å². The quantitative estimate of drug-likeness (QED) is 0.0254. The molecule has 0 radical (unpaired) electrons. The van der Waals surface area contributed by atoms with E-state index in [0.717, 1.165) is 16.0 Å². The number of imide groups is 1. The Bertz CT molecular complexity index is 3270. The summed E-state index contributed by atoms with van der Waals surface area (Å²) in [6, 6.07) is 7.18. The highest BCUT2D eigenvalue weighted by molar-refractivity contribution is 6.35. The van der Waals surface area contributed by atoms with Crippen molar-refractivity contribution >= 4 is 88.4 Å². The monoisotopic (exact) mass is 1360 g/mol. The fraction of sp³-hybridized carbons (Fsp3) is 0.588. The molecule has 0 unspecified atom stereocenters. The van der Waals surface area contributed by atoms with Crippen molar-refractivity contribution in [2.75, 3.05) is 53.4 Å². The molecule has 96 heavy (non-hydrogen) atoms. The zero-order valence-electron chi connectivity index (χ0n) is 56.6. The average Bonchev–Trinajstić information content (AvgIpc) is 1.57. The fourth-order valence-electron chi connectivity index (χ4n) is 11.8. The first-order valence-electron chi connectivity index (χ1n) is 32.2. The van der Waals surface area contributed by atoms with Crippen molar-refractivity contribution < 1.29 is 95.9 Å². The molecule has 6 rings (SSSR count). The van der Waals surface area contributed by atoms with E-state index in [2.05, 4.69) is 10.6 Å². The van der Waals surface area contributed by atoms with Crippen molar-refractivity contribution in [3.8, 4) is 5.75 Å². The first-order chi connectivity index (χ1) is 45.3. The number of epoxide rings is 1. The van der Waals surface area contributed by atoms with Gasteiger partial charge >= 0.3 is 30.0 Å². The van der Waals surface area contributed by atoms with E-state index in [1.54, 1.807) is 76.2 Å². The van der Waals surface area contributed by atoms with Gasteiger partial charge in [0.1, 0.15) is 58.7 Å². The lowest BCUT2D eigenvalue weighted by Crippen LogP contribution is -2.53. The van der Waals surface area contributed by atoms with Crippen LogP contribution in [-0.2, 0) is 95.9 Å². The maximum Gasteiger partial charge on any atom is 0.409 e. The molecular weight excluding hydrogens is 1270 g/mol. The zero-order valence-corrected chi connectivity index (χ0v) is 57.3. The smallest absolute Gasteiger partial charge is 0.409 e. The summed E-state index contributed by atoms with van der Waals surface area (Å²) in [4.78, 5) is 165. The summed E-state index contributed by atoms with van der Waals surface area (Å²) in [5.74, 6) is -7.06. The Hall–Kier alpha value is -8.27. The Morgan fingerprint density at radius 1 is 0.917 bits per heavy atom. The number of ketones is 2. The number of nitrogens with zero attached hydrogens (tertiary/aromatic N) is 4. The molecule has 0 aliphatic carbocycles. The summed E-state index contributed by atoms with van der Waals surface area (Å²) >= 11 is 6.84. The van der Waals surface area contributed by atoms with Crippen LogP contribution >= 0.6 is 11.6 Å². The summed E-state index contributed by atoms with van der Waals surface area (Å²) in [5.41, 5.74) is 5.33. The number of rotatable bonds is 28. The average molecular weight is 1360 g/mol. The van der Waals surface area contributed by atoms with Crippen molar-refractivity contribution in [1.82, 2.24) is 25.5 Å². The van der Waals surface area contributed by atoms with E-state index in [1.807, 2.05) is 13.0 Å². The third-order valence-electron chi connectivity index (χ3n) is 18.1. The number of esters is 2. The number of aliphatic hydroxyl groups is 1. The molecule has 10 atom stereocenters. The number of hydrogen-bond acceptors (Lipinski definition) is 20. The molecule has 4 heterocycles. The Morgan fingerprint density at radius 2 is 1.58 bits per heavy atom. The minimum absolute atomic E-state index is 0.0209. The lowest BCUT2D eigenvalue weighted by atomic mass is 9.78. The van der Waals surface area contributed by atoms with Gasteiger partial charge in [-0.1, -0.05) is 80.4 Å². The number of nitrogens with two attached hydrogens (primary N) is 1. The number of hydroxylamine groups is 2. The molecular formula is C68H92ClN7O20. The third-order valence-corrected chi connectivity index (χ3v) is 18.4. The van der Waals surface area contributed by atoms with E-state index >= 15 is 0 Å². The molecule has 2 aromatic carbocycles. The van der Waals surface area contributed by atoms with Crippen LogP contribution in [0, 0.1) is 17.8 Å². The number of methoxy groups -OCH3 is 2. The lowest BCUT2D eigenvalue weighted by molar-refractivity contribution is -0.197. The molecule has 0 spiro atoms. The molecule has 526 valence electrons. The molecule has 0 aromatic heterocycles. The summed E-state index contributed by atoms with van der Waals surface area (Å²) in [6.07, 6.45) is 0.603. The van der Waals surface area contributed by atoms with Crippen LogP contribution in [0.3, 0.4) is 0 Å². The van der Waals surface area contributed by atoms with Gasteiger partial charge in [0, 0.05) is 105 Å². The Kier molecular flexibility index (Phi) is 27.7. The maximum atomic E-state index is 14.5. The minimum atomic E-state index is -1.67. The van der Waals surface area contributed by atoms with Gasteiger partial charge in [0.25, 0.3) is 11.8 Å². The van der Waals surface area contributed by atoms with Crippen LogP contribution in [0.2, 0.25) is 5.02 Å². The summed E-state index contributed by atoms with van der Waals surface area (Å²) in [6.45, 7) is 10.2. The van der Waals surface area contributed by atoms with E-state index in [1.165, 1.54) is 52.1 Å². The van der Waals surface area contributed by atoms with Gasteiger partial charge in [0.15, 0.2) is 5.78 Å². The third kappa shape index (κ3) is 20.9. The van der Waals surface area contributed by atoms with Crippen LogP contribution in [0.1, 0.15) is 142 Å². The number of carbonyl (C=O) groups is 12. The molecule has 4 bridgehead atoms. The number of amides is 8. The second-order valence-electron chi connectivity index (χ2n) is 25.7. The normalized spacial score (nSPS) is 23.8. The second-order valence-corrected chi connectivity index (χ2v) is 26.1. The van der Waals surface area contributed by atoms with Crippen LogP contribution in [0.15, 0.2) is 60.2 Å². The molecule has 0 saturated carbocycles. The number of urea groups is 1. The number of fused-ring (bicyclic) bond motifs is 5. The highest BCUT2D eigenvalue weighted by Crippen LogP contribution is 2.50. The number of Topliss-reactive ketones (excluding diaryl/α,β-unsaturated/α-hetero) is 2. The van der Waals surface area contributed by atoms with Crippen LogP contribution in [-0.4, -0.2) is 187 Å². The molecule has 28 heteroatoms. The number of hydrogen-bond donors (Lipinski definition) is 4. The van der Waals surface area contributed by atoms with Crippen molar-refractivity contribution in [1.29, 1.82) is 0 Å². The number of halogens is 1. The van der Waals surface area contributed by atoms with Crippen molar-refractivity contribution in [3.63, 3.8) is 0 Å². The molecule has 3 saturated heterocycles. The van der Waals surface area contributed by atoms with Gasteiger partial charge < -0.3 is 69.4 Å². The first-order valence-corrected chi connectivity index (χ1v) is 32.6. The predicted octanol–water partition coefficient (Wildman–Crippen LogP) is 5.87. The highest BCUT2D eigenvalue weighted by Gasteiger charge is 2.64. The fourth-order valence-corrected chi connectivity index (χ4v) is 12.1. The van der Waals surface area contributed by atoms with Crippen molar-refractivity contribution in [2.45, 2.75) is 192 Å². The van der Waals surface area contributed by atoms with E-state index in [9.17, 15) is 62.6 Å². The molecule has 4 aliphatic rings. The van der Waals surface area contributed by atoms with Gasteiger partial charge in [-0.05, 0) is 87.6 Å². The zero-order chi connectivity index (χ0) is 70.9. The number of benzene rings is 2. The van der Waals surface area contributed by atoms with E-state index < -0.39 is 126 Å². The molecule has 27 nitrogen and oxygen atoms in total. The molecule has 8 amide bonds. The SMILES string of the molecule is COc1cc2cc(c1Cl)N(C)C(=O)C[C@H](OC(=O)[C@H](C)N(C)C(=O)CCN(C)C(=O)OCc1ccc(CC(=O)[C@H](CCCNC(N)=O)NC(=O)[C@@H](CC(=O)CCCCC(=O)ON3C(=O)CCC3=O)C(C)C)cc1)[C@]1(C)O[C@H]1[C@H](C)[C@@H]1C[C@@](O)(CC(=O)O1)[C@H](OC)/C=C/C=C(\C)C2. The van der Waals surface area contributed by atoms with Gasteiger partial charge in [0.2, 0.25) is 17.7 Å². The topological polar surface area (TPSA) is 356 Å². The van der Waals surface area contributed by atoms with Gasteiger partial charge in [-0.15, -0.1) is 5.06 Å². The number of primary amides is 1. The molecule has 4 aliphatic heterocycles. The molecule has 2 aromatic rings. The minimum Gasteiger partial charge on any atom is -0.495 e. The number of nitrogens with one attached hydrogen (secondary N) is 2. The predicted molar refractivity (Wildman–Crippen MR) is 347 cm³/mol. The van der Waals surface area contributed by atoms with Gasteiger partial charge in [0.05, 0.1) is 37.8 Å². The summed E-state index contributed by atoms with van der Waals surface area (Å²) in [5, 5.41) is 17.9. The van der Waals surface area contributed by atoms with Crippen molar-refractivity contribution in [3.05, 3.63) is 81.9 Å². The second kappa shape index (κ2) is 34.6. The van der Waals surface area contributed by atoms with Crippen molar-refractivity contribution in [2.24, 2.45) is 23.5 Å². The highest BCUT2D eigenvalue weighted by atomic mass is 35.5. The van der Waals surface area contributed by atoms with Crippen LogP contribution < -0.4 is 26.0 Å². The summed E-state index contributed by atoms with van der Waals surface area (Å²) in [7, 11) is 7.25. The maximum absolute atomic E-state index is 14.5. The van der Waals surface area contributed by atoms with Crippen LogP contribution in [0.5, 0.6) is 5.75 Å².